The number of hydrogen-bond donors (Lipinski definition) is 1. The number of alkyl halides is 2. The molecule has 2 aliphatic heterocycles. The first kappa shape index (κ1) is 15.9. The van der Waals surface area contributed by atoms with Crippen LogP contribution in [0.3, 0.4) is 0 Å². The lowest BCUT2D eigenvalue weighted by atomic mass is 9.88. The van der Waals surface area contributed by atoms with E-state index in [9.17, 15) is 18.4 Å². The SMILES string of the molecule is O=C1COc2ccc(C(=O)C3CCN(CC(F)F)CC3)cc2N1. The number of amides is 1. The van der Waals surface area contributed by atoms with Gasteiger partial charge in [-0.25, -0.2) is 8.78 Å². The predicted octanol–water partition coefficient (Wildman–Crippen LogP) is 2.18. The maximum absolute atomic E-state index is 12.6. The topological polar surface area (TPSA) is 58.6 Å². The molecule has 0 radical (unpaired) electrons. The smallest absolute Gasteiger partial charge is 0.262 e. The molecule has 1 saturated heterocycles. The number of Topliss-reactive ketones (excluding diaryl/α,β-unsaturated/α-hetero) is 1. The van der Waals surface area contributed by atoms with Gasteiger partial charge in [0, 0.05) is 11.5 Å². The average molecular weight is 324 g/mol. The van der Waals surface area contributed by atoms with Gasteiger partial charge in [-0.1, -0.05) is 0 Å². The van der Waals surface area contributed by atoms with E-state index in [1.54, 1.807) is 23.1 Å². The normalized spacial score (nSPS) is 19.2. The van der Waals surface area contributed by atoms with Crippen LogP contribution in [-0.2, 0) is 4.79 Å². The molecule has 0 saturated carbocycles. The quantitative estimate of drug-likeness (QED) is 0.863. The van der Waals surface area contributed by atoms with Gasteiger partial charge in [-0.2, -0.15) is 0 Å². The Labute approximate surface area is 132 Å². The number of anilines is 1. The Morgan fingerprint density at radius 3 is 2.78 bits per heavy atom. The zero-order valence-electron chi connectivity index (χ0n) is 12.6. The van der Waals surface area contributed by atoms with E-state index in [4.69, 9.17) is 4.74 Å². The molecular formula is C16H18F2N2O3. The molecule has 0 aromatic heterocycles. The van der Waals surface area contributed by atoms with Crippen LogP contribution in [-0.4, -0.2) is 49.3 Å². The number of piperidine rings is 1. The van der Waals surface area contributed by atoms with E-state index in [0.29, 0.717) is 42.9 Å². The van der Waals surface area contributed by atoms with Crippen molar-refractivity contribution in [3.05, 3.63) is 23.8 Å². The number of benzene rings is 1. The fourth-order valence-corrected chi connectivity index (χ4v) is 3.04. The minimum Gasteiger partial charge on any atom is -0.482 e. The summed E-state index contributed by atoms with van der Waals surface area (Å²) in [6.45, 7) is 0.753. The van der Waals surface area contributed by atoms with Gasteiger partial charge in [0.1, 0.15) is 5.75 Å². The number of halogens is 2. The lowest BCUT2D eigenvalue weighted by molar-refractivity contribution is -0.118. The summed E-state index contributed by atoms with van der Waals surface area (Å²) < 4.78 is 30.0. The first-order valence-electron chi connectivity index (χ1n) is 7.64. The fraction of sp³-hybridized carbons (Fsp3) is 0.500. The molecule has 23 heavy (non-hydrogen) atoms. The van der Waals surface area contributed by atoms with E-state index in [1.807, 2.05) is 0 Å². The number of likely N-dealkylation sites (tertiary alicyclic amines) is 1. The number of hydrogen-bond acceptors (Lipinski definition) is 4. The van der Waals surface area contributed by atoms with Gasteiger partial charge >= 0.3 is 0 Å². The molecule has 7 heteroatoms. The van der Waals surface area contributed by atoms with Gasteiger partial charge < -0.3 is 10.1 Å². The minimum absolute atomic E-state index is 0.00989. The lowest BCUT2D eigenvalue weighted by Crippen LogP contribution is -2.38. The zero-order chi connectivity index (χ0) is 16.4. The van der Waals surface area contributed by atoms with Crippen molar-refractivity contribution in [3.63, 3.8) is 0 Å². The summed E-state index contributed by atoms with van der Waals surface area (Å²) in [6.07, 6.45) is -1.19. The molecule has 124 valence electrons. The Kier molecular flexibility index (Phi) is 4.56. The van der Waals surface area contributed by atoms with E-state index in [0.717, 1.165) is 0 Å². The van der Waals surface area contributed by atoms with Crippen molar-refractivity contribution >= 4 is 17.4 Å². The molecule has 2 aliphatic rings. The second-order valence-corrected chi connectivity index (χ2v) is 5.88. The molecule has 3 rings (SSSR count). The summed E-state index contributed by atoms with van der Waals surface area (Å²) >= 11 is 0. The van der Waals surface area contributed by atoms with Crippen molar-refractivity contribution in [2.45, 2.75) is 19.3 Å². The molecule has 1 fully saturated rings. The van der Waals surface area contributed by atoms with Crippen molar-refractivity contribution < 1.29 is 23.1 Å². The van der Waals surface area contributed by atoms with Crippen LogP contribution in [0.5, 0.6) is 5.75 Å². The number of nitrogens with one attached hydrogen (secondary N) is 1. The molecule has 0 spiro atoms. The average Bonchev–Trinajstić information content (AvgIpc) is 2.53. The number of nitrogens with zero attached hydrogens (tertiary/aromatic N) is 1. The van der Waals surface area contributed by atoms with Gasteiger partial charge in [0.25, 0.3) is 12.3 Å². The van der Waals surface area contributed by atoms with Crippen LogP contribution >= 0.6 is 0 Å². The molecule has 0 bridgehead atoms. The van der Waals surface area contributed by atoms with Crippen LogP contribution in [0.15, 0.2) is 18.2 Å². The van der Waals surface area contributed by atoms with E-state index >= 15 is 0 Å². The van der Waals surface area contributed by atoms with Gasteiger partial charge in [0.15, 0.2) is 12.4 Å². The summed E-state index contributed by atoms with van der Waals surface area (Å²) in [4.78, 5) is 25.6. The zero-order valence-corrected chi connectivity index (χ0v) is 12.6. The van der Waals surface area contributed by atoms with Crippen LogP contribution in [0.2, 0.25) is 0 Å². The van der Waals surface area contributed by atoms with Gasteiger partial charge in [-0.15, -0.1) is 0 Å². The Balaban J connectivity index is 1.65. The lowest BCUT2D eigenvalue weighted by Gasteiger charge is -2.31. The van der Waals surface area contributed by atoms with Crippen LogP contribution in [0.1, 0.15) is 23.2 Å². The largest absolute Gasteiger partial charge is 0.482 e. The van der Waals surface area contributed by atoms with E-state index in [2.05, 4.69) is 5.32 Å². The number of rotatable bonds is 4. The minimum atomic E-state index is -2.34. The second-order valence-electron chi connectivity index (χ2n) is 5.88. The Morgan fingerprint density at radius 2 is 2.09 bits per heavy atom. The summed E-state index contributed by atoms with van der Waals surface area (Å²) in [7, 11) is 0. The molecule has 0 aliphatic carbocycles. The fourth-order valence-electron chi connectivity index (χ4n) is 3.04. The van der Waals surface area contributed by atoms with Crippen molar-refractivity contribution in [3.8, 4) is 5.75 Å². The summed E-state index contributed by atoms with van der Waals surface area (Å²) in [5.74, 6) is 0.127. The molecule has 1 N–H and O–H groups in total. The summed E-state index contributed by atoms with van der Waals surface area (Å²) in [5.41, 5.74) is 1.02. The van der Waals surface area contributed by atoms with E-state index in [-0.39, 0.29) is 30.8 Å². The molecular weight excluding hydrogens is 306 g/mol. The van der Waals surface area contributed by atoms with E-state index in [1.165, 1.54) is 0 Å². The van der Waals surface area contributed by atoms with Gasteiger partial charge in [0.05, 0.1) is 12.2 Å². The first-order valence-corrected chi connectivity index (χ1v) is 7.64. The second kappa shape index (κ2) is 6.62. The highest BCUT2D eigenvalue weighted by atomic mass is 19.3. The highest BCUT2D eigenvalue weighted by molar-refractivity contribution is 6.01. The summed E-state index contributed by atoms with van der Waals surface area (Å²) in [6, 6.07) is 4.98. The maximum Gasteiger partial charge on any atom is 0.262 e. The molecule has 1 aromatic rings. The van der Waals surface area contributed by atoms with Crippen molar-refractivity contribution in [1.29, 1.82) is 0 Å². The number of carbonyl (C=O) groups excluding carboxylic acids is 2. The number of carbonyl (C=O) groups is 2. The Hall–Kier alpha value is -2.02. The van der Waals surface area contributed by atoms with Crippen molar-refractivity contribution in [2.24, 2.45) is 5.92 Å². The van der Waals surface area contributed by atoms with Crippen molar-refractivity contribution in [2.75, 3.05) is 31.6 Å². The summed E-state index contributed by atoms with van der Waals surface area (Å²) in [5, 5.41) is 2.68. The molecule has 1 aromatic carbocycles. The third-order valence-electron chi connectivity index (χ3n) is 4.25. The monoisotopic (exact) mass is 324 g/mol. The number of ether oxygens (including phenoxy) is 1. The Morgan fingerprint density at radius 1 is 1.35 bits per heavy atom. The third-order valence-corrected chi connectivity index (χ3v) is 4.25. The van der Waals surface area contributed by atoms with Crippen LogP contribution in [0.25, 0.3) is 0 Å². The Bertz CT molecular complexity index is 613. The highest BCUT2D eigenvalue weighted by Crippen LogP contribution is 2.30. The molecule has 1 amide bonds. The molecule has 0 unspecified atom stereocenters. The third kappa shape index (κ3) is 3.67. The van der Waals surface area contributed by atoms with E-state index < -0.39 is 6.43 Å². The predicted molar refractivity (Wildman–Crippen MR) is 80.1 cm³/mol. The van der Waals surface area contributed by atoms with Crippen LogP contribution in [0, 0.1) is 5.92 Å². The van der Waals surface area contributed by atoms with Gasteiger partial charge in [0.2, 0.25) is 0 Å². The first-order chi connectivity index (χ1) is 11.0. The molecule has 2 heterocycles. The van der Waals surface area contributed by atoms with Gasteiger partial charge in [-0.05, 0) is 44.1 Å². The number of ketones is 1. The maximum atomic E-state index is 12.6. The highest BCUT2D eigenvalue weighted by Gasteiger charge is 2.28. The van der Waals surface area contributed by atoms with Crippen LogP contribution < -0.4 is 10.1 Å². The molecule has 5 nitrogen and oxygen atoms in total. The molecule has 0 atom stereocenters. The standard InChI is InChI=1S/C16H18F2N2O3/c17-14(18)8-20-5-3-10(4-6-20)16(22)11-1-2-13-12(7-11)19-15(21)9-23-13/h1-2,7,10,14H,3-6,8-9H2,(H,19,21). The van der Waals surface area contributed by atoms with Gasteiger partial charge in [-0.3, -0.25) is 14.5 Å². The van der Waals surface area contributed by atoms with Crippen molar-refractivity contribution in [1.82, 2.24) is 4.90 Å². The number of fused-ring (bicyclic) bond motifs is 1. The van der Waals surface area contributed by atoms with Crippen LogP contribution in [0.4, 0.5) is 14.5 Å².